The zero-order valence-electron chi connectivity index (χ0n) is 9.12. The zero-order valence-corrected chi connectivity index (χ0v) is 9.12. The van der Waals surface area contributed by atoms with Gasteiger partial charge in [0.25, 0.3) is 0 Å². The molecule has 0 aromatic heterocycles. The van der Waals surface area contributed by atoms with Crippen molar-refractivity contribution in [2.24, 2.45) is 0 Å². The first-order valence-corrected chi connectivity index (χ1v) is 5.18. The van der Waals surface area contributed by atoms with Gasteiger partial charge in [0, 0.05) is 18.9 Å². The largest absolute Gasteiger partial charge is 0.466 e. The molecule has 0 fully saturated rings. The van der Waals surface area contributed by atoms with Crippen molar-refractivity contribution in [1.29, 1.82) is 0 Å². The van der Waals surface area contributed by atoms with Crippen molar-refractivity contribution in [1.82, 2.24) is 0 Å². The standard InChI is InChI=1S/C11H16O4/c1-3-4-9-7-10(15-11(9)13)5-6-14-8(2)12/h7,10H,3-6H2,1-2H3/t10-/m0/s1. The molecule has 1 rings (SSSR count). The van der Waals surface area contributed by atoms with Crippen molar-refractivity contribution in [2.45, 2.75) is 39.2 Å². The van der Waals surface area contributed by atoms with Crippen molar-refractivity contribution in [3.63, 3.8) is 0 Å². The van der Waals surface area contributed by atoms with Crippen LogP contribution >= 0.6 is 0 Å². The number of carbonyl (C=O) groups is 2. The highest BCUT2D eigenvalue weighted by Crippen LogP contribution is 2.19. The Balaban J connectivity index is 2.33. The molecule has 0 amide bonds. The number of cyclic esters (lactones) is 1. The molecule has 1 heterocycles. The molecule has 0 aromatic carbocycles. The topological polar surface area (TPSA) is 52.6 Å². The Bertz CT molecular complexity index is 280. The third-order valence-corrected chi connectivity index (χ3v) is 2.13. The monoisotopic (exact) mass is 212 g/mol. The fourth-order valence-electron chi connectivity index (χ4n) is 1.46. The van der Waals surface area contributed by atoms with Crippen LogP contribution in [-0.2, 0) is 19.1 Å². The maximum absolute atomic E-state index is 11.3. The van der Waals surface area contributed by atoms with E-state index in [9.17, 15) is 9.59 Å². The van der Waals surface area contributed by atoms with E-state index in [0.717, 1.165) is 18.4 Å². The summed E-state index contributed by atoms with van der Waals surface area (Å²) in [5, 5.41) is 0. The first-order chi connectivity index (χ1) is 7.13. The predicted molar refractivity (Wildman–Crippen MR) is 54.1 cm³/mol. The fraction of sp³-hybridized carbons (Fsp3) is 0.636. The van der Waals surface area contributed by atoms with E-state index in [1.807, 2.05) is 13.0 Å². The minimum atomic E-state index is -0.308. The van der Waals surface area contributed by atoms with Crippen LogP contribution in [0.3, 0.4) is 0 Å². The SMILES string of the molecule is CCCC1=C[C@H](CCOC(C)=O)OC1=O. The van der Waals surface area contributed by atoms with Crippen LogP contribution in [0.5, 0.6) is 0 Å². The van der Waals surface area contributed by atoms with Crippen molar-refractivity contribution >= 4 is 11.9 Å². The van der Waals surface area contributed by atoms with Crippen LogP contribution in [0.15, 0.2) is 11.6 Å². The van der Waals surface area contributed by atoms with Crippen LogP contribution in [0.25, 0.3) is 0 Å². The number of rotatable bonds is 5. The van der Waals surface area contributed by atoms with Gasteiger partial charge in [-0.2, -0.15) is 0 Å². The van der Waals surface area contributed by atoms with E-state index in [1.165, 1.54) is 6.92 Å². The first-order valence-electron chi connectivity index (χ1n) is 5.18. The Kier molecular flexibility index (Phi) is 4.34. The minimum absolute atomic E-state index is 0.224. The van der Waals surface area contributed by atoms with Crippen LogP contribution in [0, 0.1) is 0 Å². The van der Waals surface area contributed by atoms with Crippen molar-refractivity contribution in [2.75, 3.05) is 6.61 Å². The summed E-state index contributed by atoms with van der Waals surface area (Å²) in [6, 6.07) is 0. The van der Waals surface area contributed by atoms with E-state index in [2.05, 4.69) is 0 Å². The maximum Gasteiger partial charge on any atom is 0.334 e. The predicted octanol–water partition coefficient (Wildman–Crippen LogP) is 1.59. The van der Waals surface area contributed by atoms with E-state index < -0.39 is 0 Å². The third-order valence-electron chi connectivity index (χ3n) is 2.13. The highest BCUT2D eigenvalue weighted by molar-refractivity contribution is 5.90. The molecule has 0 aromatic rings. The van der Waals surface area contributed by atoms with E-state index in [1.54, 1.807) is 0 Å². The summed E-state index contributed by atoms with van der Waals surface area (Å²) in [6.07, 6.45) is 3.83. The summed E-state index contributed by atoms with van der Waals surface area (Å²) in [6.45, 7) is 3.67. The molecule has 4 heteroatoms. The normalized spacial score (nSPS) is 19.7. The van der Waals surface area contributed by atoms with Crippen LogP contribution in [0.4, 0.5) is 0 Å². The van der Waals surface area contributed by atoms with Gasteiger partial charge in [0.1, 0.15) is 6.10 Å². The van der Waals surface area contributed by atoms with E-state index in [0.29, 0.717) is 13.0 Å². The lowest BCUT2D eigenvalue weighted by atomic mass is 10.1. The molecule has 1 aliphatic heterocycles. The average Bonchev–Trinajstić information content (AvgIpc) is 2.47. The Labute approximate surface area is 89.2 Å². The molecular weight excluding hydrogens is 196 g/mol. The molecule has 84 valence electrons. The second-order valence-corrected chi connectivity index (χ2v) is 3.51. The van der Waals surface area contributed by atoms with Crippen molar-refractivity contribution < 1.29 is 19.1 Å². The van der Waals surface area contributed by atoms with Gasteiger partial charge in [0.2, 0.25) is 0 Å². The van der Waals surface area contributed by atoms with E-state index in [4.69, 9.17) is 9.47 Å². The lowest BCUT2D eigenvalue weighted by molar-refractivity contribution is -0.143. The number of hydrogen-bond donors (Lipinski definition) is 0. The fourth-order valence-corrected chi connectivity index (χ4v) is 1.46. The highest BCUT2D eigenvalue weighted by atomic mass is 16.6. The van der Waals surface area contributed by atoms with Gasteiger partial charge in [-0.3, -0.25) is 4.79 Å². The molecule has 15 heavy (non-hydrogen) atoms. The Hall–Kier alpha value is -1.32. The van der Waals surface area contributed by atoms with Gasteiger partial charge in [-0.25, -0.2) is 4.79 Å². The first kappa shape index (κ1) is 11.8. The van der Waals surface area contributed by atoms with Crippen LogP contribution in [0.1, 0.15) is 33.1 Å². The Morgan fingerprint density at radius 2 is 2.33 bits per heavy atom. The van der Waals surface area contributed by atoms with E-state index >= 15 is 0 Å². The lowest BCUT2D eigenvalue weighted by Gasteiger charge is -2.07. The summed E-state index contributed by atoms with van der Waals surface area (Å²) in [7, 11) is 0. The average molecular weight is 212 g/mol. The Morgan fingerprint density at radius 3 is 2.93 bits per heavy atom. The number of ether oxygens (including phenoxy) is 2. The summed E-state index contributed by atoms with van der Waals surface area (Å²) in [5.41, 5.74) is 0.741. The third kappa shape index (κ3) is 3.73. The number of esters is 2. The van der Waals surface area contributed by atoms with Gasteiger partial charge in [0.15, 0.2) is 0 Å². The maximum atomic E-state index is 11.3. The van der Waals surface area contributed by atoms with Gasteiger partial charge in [0.05, 0.1) is 6.61 Å². The summed E-state index contributed by atoms with van der Waals surface area (Å²) >= 11 is 0. The molecule has 1 atom stereocenters. The molecule has 0 radical (unpaired) electrons. The number of carbonyl (C=O) groups excluding carboxylic acids is 2. The molecule has 0 saturated carbocycles. The van der Waals surface area contributed by atoms with E-state index in [-0.39, 0.29) is 18.0 Å². The minimum Gasteiger partial charge on any atom is -0.466 e. The van der Waals surface area contributed by atoms with Gasteiger partial charge in [-0.05, 0) is 12.5 Å². The summed E-state index contributed by atoms with van der Waals surface area (Å²) in [4.78, 5) is 21.8. The summed E-state index contributed by atoms with van der Waals surface area (Å²) in [5.74, 6) is -0.540. The number of hydrogen-bond acceptors (Lipinski definition) is 4. The summed E-state index contributed by atoms with van der Waals surface area (Å²) < 4.78 is 9.86. The van der Waals surface area contributed by atoms with Gasteiger partial charge in [-0.15, -0.1) is 0 Å². The molecule has 0 aliphatic carbocycles. The molecule has 0 unspecified atom stereocenters. The quantitative estimate of drug-likeness (QED) is 0.649. The van der Waals surface area contributed by atoms with Crippen molar-refractivity contribution in [3.8, 4) is 0 Å². The second-order valence-electron chi connectivity index (χ2n) is 3.51. The van der Waals surface area contributed by atoms with Crippen LogP contribution in [-0.4, -0.2) is 24.6 Å². The lowest BCUT2D eigenvalue weighted by Crippen LogP contribution is -2.12. The molecule has 0 spiro atoms. The molecule has 0 N–H and O–H groups in total. The Morgan fingerprint density at radius 1 is 1.60 bits per heavy atom. The molecule has 1 aliphatic rings. The van der Waals surface area contributed by atoms with Crippen molar-refractivity contribution in [3.05, 3.63) is 11.6 Å². The molecule has 0 saturated heterocycles. The molecular formula is C11H16O4. The molecule has 4 nitrogen and oxygen atoms in total. The molecule has 0 bridgehead atoms. The second kappa shape index (κ2) is 5.53. The smallest absolute Gasteiger partial charge is 0.334 e. The van der Waals surface area contributed by atoms with Gasteiger partial charge in [-0.1, -0.05) is 13.3 Å². The highest BCUT2D eigenvalue weighted by Gasteiger charge is 2.24. The van der Waals surface area contributed by atoms with Gasteiger partial charge >= 0.3 is 11.9 Å². The van der Waals surface area contributed by atoms with Gasteiger partial charge < -0.3 is 9.47 Å². The van der Waals surface area contributed by atoms with Crippen LogP contribution < -0.4 is 0 Å². The van der Waals surface area contributed by atoms with Crippen LogP contribution in [0.2, 0.25) is 0 Å². The zero-order chi connectivity index (χ0) is 11.3.